The molecule has 0 spiro atoms. The maximum Gasteiger partial charge on any atom is 0.441 e. The van der Waals surface area contributed by atoms with Gasteiger partial charge in [0.2, 0.25) is 0 Å². The summed E-state index contributed by atoms with van der Waals surface area (Å²) in [7, 11) is -3.82. The van der Waals surface area contributed by atoms with Crippen LogP contribution in [0.1, 0.15) is 18.4 Å². The van der Waals surface area contributed by atoms with E-state index in [-0.39, 0.29) is 18.1 Å². The molecule has 1 heterocycles. The number of nitrogens with zero attached hydrogens (tertiary/aromatic N) is 1. The molecule has 0 aliphatic carbocycles. The second-order valence-electron chi connectivity index (χ2n) is 4.95. The highest BCUT2D eigenvalue weighted by molar-refractivity contribution is 7.86. The van der Waals surface area contributed by atoms with Gasteiger partial charge in [-0.2, -0.15) is 13.3 Å². The van der Waals surface area contributed by atoms with Gasteiger partial charge in [-0.25, -0.2) is 4.79 Å². The Morgan fingerprint density at radius 3 is 2.41 bits per heavy atom. The Bertz CT molecular complexity index is 592. The average Bonchev–Trinajstić information content (AvgIpc) is 3.01. The lowest BCUT2D eigenvalue weighted by Gasteiger charge is -2.13. The molecule has 1 fully saturated rings. The Morgan fingerprint density at radius 2 is 1.77 bits per heavy atom. The molecule has 0 aromatic heterocycles. The van der Waals surface area contributed by atoms with Crippen molar-refractivity contribution in [2.75, 3.05) is 26.3 Å². The molecule has 7 nitrogen and oxygen atoms in total. The predicted molar refractivity (Wildman–Crippen MR) is 77.6 cm³/mol. The minimum absolute atomic E-state index is 0.0761. The second-order valence-corrected chi connectivity index (χ2v) is 6.57. The van der Waals surface area contributed by atoms with E-state index in [9.17, 15) is 13.2 Å². The summed E-state index contributed by atoms with van der Waals surface area (Å²) in [5, 5.41) is 0. The number of likely N-dealkylation sites (tertiary alicyclic amines) is 1. The van der Waals surface area contributed by atoms with Gasteiger partial charge < -0.3 is 4.90 Å². The van der Waals surface area contributed by atoms with Crippen molar-refractivity contribution in [1.29, 1.82) is 0 Å². The van der Waals surface area contributed by atoms with Crippen molar-refractivity contribution in [3.05, 3.63) is 29.8 Å². The van der Waals surface area contributed by atoms with Gasteiger partial charge in [0.1, 0.15) is 6.61 Å². The lowest BCUT2D eigenvalue weighted by atomic mass is 10.2. The van der Waals surface area contributed by atoms with Crippen molar-refractivity contribution >= 4 is 16.2 Å². The van der Waals surface area contributed by atoms with Crippen LogP contribution in [0.25, 0.3) is 0 Å². The van der Waals surface area contributed by atoms with Crippen LogP contribution in [0.5, 0.6) is 0 Å². The van der Waals surface area contributed by atoms with Gasteiger partial charge in [-0.1, -0.05) is 17.7 Å². The van der Waals surface area contributed by atoms with Crippen LogP contribution < -0.4 is 0 Å². The molecule has 1 amide bonds. The minimum Gasteiger partial charge on any atom is -0.306 e. The molecule has 0 radical (unpaired) electrons. The van der Waals surface area contributed by atoms with E-state index in [1.165, 1.54) is 17.0 Å². The van der Waals surface area contributed by atoms with E-state index < -0.39 is 16.2 Å². The first kappa shape index (κ1) is 16.7. The number of rotatable bonds is 6. The van der Waals surface area contributed by atoms with E-state index >= 15 is 0 Å². The van der Waals surface area contributed by atoms with Crippen LogP contribution in [0.4, 0.5) is 4.79 Å². The summed E-state index contributed by atoms with van der Waals surface area (Å²) in [5.41, 5.74) is 0.955. The van der Waals surface area contributed by atoms with Crippen molar-refractivity contribution in [2.24, 2.45) is 0 Å². The van der Waals surface area contributed by atoms with Gasteiger partial charge in [0.25, 0.3) is 10.1 Å². The average molecular weight is 329 g/mol. The Balaban J connectivity index is 1.69. The number of amides is 1. The van der Waals surface area contributed by atoms with Gasteiger partial charge in [0, 0.05) is 13.1 Å². The lowest BCUT2D eigenvalue weighted by Crippen LogP contribution is -2.28. The monoisotopic (exact) mass is 329 g/mol. The van der Waals surface area contributed by atoms with Crippen LogP contribution in [0.3, 0.4) is 0 Å². The van der Waals surface area contributed by atoms with Crippen molar-refractivity contribution < 1.29 is 27.2 Å². The maximum absolute atomic E-state index is 11.9. The van der Waals surface area contributed by atoms with E-state index in [4.69, 9.17) is 4.18 Å². The fraction of sp³-hybridized carbons (Fsp3) is 0.500. The molecule has 0 unspecified atom stereocenters. The molecule has 0 saturated carbocycles. The summed E-state index contributed by atoms with van der Waals surface area (Å²) in [4.78, 5) is 22.3. The van der Waals surface area contributed by atoms with Crippen LogP contribution in [0.2, 0.25) is 0 Å². The van der Waals surface area contributed by atoms with Gasteiger partial charge in [-0.3, -0.25) is 9.07 Å². The Morgan fingerprint density at radius 1 is 1.14 bits per heavy atom. The standard InChI is InChI=1S/C14H19NO6S/c1-12-4-6-13(7-5-12)22(17,18)20-11-10-19-21-14(16)15-8-2-3-9-15/h4-7H,2-3,8-11H2,1H3. The van der Waals surface area contributed by atoms with Gasteiger partial charge >= 0.3 is 6.09 Å². The molecule has 0 bridgehead atoms. The molecule has 1 aromatic rings. The zero-order valence-corrected chi connectivity index (χ0v) is 13.2. The number of carbonyl (C=O) groups is 1. The zero-order valence-electron chi connectivity index (χ0n) is 12.4. The maximum atomic E-state index is 11.9. The fourth-order valence-corrected chi connectivity index (χ4v) is 2.89. The van der Waals surface area contributed by atoms with Crippen molar-refractivity contribution in [3.63, 3.8) is 0 Å². The van der Waals surface area contributed by atoms with Crippen LogP contribution in [0.15, 0.2) is 29.2 Å². The summed E-state index contributed by atoms with van der Waals surface area (Å²) in [5.74, 6) is 0. The third kappa shape index (κ3) is 4.69. The van der Waals surface area contributed by atoms with E-state index in [2.05, 4.69) is 9.78 Å². The number of carbonyl (C=O) groups excluding carboxylic acids is 1. The third-order valence-electron chi connectivity index (χ3n) is 3.21. The van der Waals surface area contributed by atoms with Crippen molar-refractivity contribution in [3.8, 4) is 0 Å². The summed E-state index contributed by atoms with van der Waals surface area (Å²) in [6.45, 7) is 2.77. The summed E-state index contributed by atoms with van der Waals surface area (Å²) in [6, 6.07) is 6.31. The van der Waals surface area contributed by atoms with Crippen LogP contribution in [-0.2, 0) is 24.1 Å². The molecule has 8 heteroatoms. The quantitative estimate of drug-likeness (QED) is 0.343. The normalized spacial score (nSPS) is 15.0. The Hall–Kier alpha value is -1.64. The first-order valence-electron chi connectivity index (χ1n) is 7.03. The summed E-state index contributed by atoms with van der Waals surface area (Å²) in [6.07, 6.45) is 1.35. The van der Waals surface area contributed by atoms with Gasteiger partial charge in [-0.05, 0) is 31.9 Å². The number of hydrogen-bond acceptors (Lipinski definition) is 6. The van der Waals surface area contributed by atoms with E-state index in [0.29, 0.717) is 13.1 Å². The first-order valence-corrected chi connectivity index (χ1v) is 8.44. The molecule has 2 rings (SSSR count). The van der Waals surface area contributed by atoms with Crippen molar-refractivity contribution in [1.82, 2.24) is 4.90 Å². The molecule has 22 heavy (non-hydrogen) atoms. The van der Waals surface area contributed by atoms with Gasteiger partial charge in [0.05, 0.1) is 11.5 Å². The van der Waals surface area contributed by atoms with Gasteiger partial charge in [-0.15, -0.1) is 0 Å². The van der Waals surface area contributed by atoms with Crippen molar-refractivity contribution in [2.45, 2.75) is 24.7 Å². The highest BCUT2D eigenvalue weighted by Crippen LogP contribution is 2.13. The third-order valence-corrected chi connectivity index (χ3v) is 4.54. The number of hydrogen-bond donors (Lipinski definition) is 0. The topological polar surface area (TPSA) is 82.1 Å². The Labute approximate surface area is 129 Å². The van der Waals surface area contributed by atoms with E-state index in [1.807, 2.05) is 6.92 Å². The largest absolute Gasteiger partial charge is 0.441 e. The molecule has 0 N–H and O–H groups in total. The molecular weight excluding hydrogens is 310 g/mol. The SMILES string of the molecule is Cc1ccc(S(=O)(=O)OCCOOC(=O)N2CCCC2)cc1. The zero-order chi connectivity index (χ0) is 16.0. The molecule has 1 saturated heterocycles. The second kappa shape index (κ2) is 7.57. The predicted octanol–water partition coefficient (Wildman–Crippen LogP) is 1.86. The van der Waals surface area contributed by atoms with Crippen LogP contribution in [0, 0.1) is 6.92 Å². The highest BCUT2D eigenvalue weighted by Gasteiger charge is 2.20. The fourth-order valence-electron chi connectivity index (χ4n) is 2.00. The molecule has 0 atom stereocenters. The van der Waals surface area contributed by atoms with Crippen LogP contribution >= 0.6 is 0 Å². The smallest absolute Gasteiger partial charge is 0.306 e. The first-order chi connectivity index (χ1) is 10.5. The summed E-state index contributed by atoms with van der Waals surface area (Å²) >= 11 is 0. The van der Waals surface area contributed by atoms with Gasteiger partial charge in [0.15, 0.2) is 0 Å². The molecular formula is C14H19NO6S. The molecule has 1 aliphatic heterocycles. The Kier molecular flexibility index (Phi) is 5.76. The van der Waals surface area contributed by atoms with E-state index in [0.717, 1.165) is 18.4 Å². The molecule has 1 aromatic carbocycles. The summed E-state index contributed by atoms with van der Waals surface area (Å²) < 4.78 is 28.5. The minimum atomic E-state index is -3.82. The van der Waals surface area contributed by atoms with Crippen LogP contribution in [-0.4, -0.2) is 45.7 Å². The van der Waals surface area contributed by atoms with E-state index in [1.54, 1.807) is 12.1 Å². The lowest BCUT2D eigenvalue weighted by molar-refractivity contribution is -0.247. The molecule has 1 aliphatic rings. The number of aryl methyl sites for hydroxylation is 1. The number of benzene rings is 1. The highest BCUT2D eigenvalue weighted by atomic mass is 32.2. The molecule has 122 valence electrons.